The number of fused-ring (bicyclic) bond motifs is 1. The van der Waals surface area contributed by atoms with Gasteiger partial charge in [0.25, 0.3) is 0 Å². The number of hydrogen-bond donors (Lipinski definition) is 0. The van der Waals surface area contributed by atoms with Crippen molar-refractivity contribution in [2.24, 2.45) is 0 Å². The van der Waals surface area contributed by atoms with E-state index in [1.165, 1.54) is 11.1 Å². The fraction of sp³-hybridized carbons (Fsp3) is 0.333. The third-order valence-electron chi connectivity index (χ3n) is 6.30. The molecule has 0 spiro atoms. The summed E-state index contributed by atoms with van der Waals surface area (Å²) in [6, 6.07) is 16.1. The number of methoxy groups -OCH3 is 5. The van der Waals surface area contributed by atoms with Crippen LogP contribution >= 0.6 is 11.6 Å². The number of halogens is 1. The van der Waals surface area contributed by atoms with Crippen molar-refractivity contribution in [2.75, 3.05) is 42.1 Å². The number of rotatable bonds is 8. The average molecular weight is 484 g/mol. The number of ether oxygens (including phenoxy) is 5. The standard InChI is InChI=1S/C27H30ClNO5/c1-30-22-10-9-19(26(33-4)27(22)34-5)16-29-12-11-17-14-23(31-2)24(32-3)15-21(17)25(29)18-7-6-8-20(28)13-18/h6-10,13-15,25H,11-12,16H2,1-5H3/t25-/m1/s1. The van der Waals surface area contributed by atoms with Crippen LogP contribution in [0.3, 0.4) is 0 Å². The molecule has 0 N–H and O–H groups in total. The predicted octanol–water partition coefficient (Wildman–Crippen LogP) is 5.53. The first-order valence-corrected chi connectivity index (χ1v) is 11.4. The van der Waals surface area contributed by atoms with Crippen molar-refractivity contribution in [3.8, 4) is 28.7 Å². The first-order valence-electron chi connectivity index (χ1n) is 11.1. The second-order valence-corrected chi connectivity index (χ2v) is 8.51. The quantitative estimate of drug-likeness (QED) is 0.420. The molecule has 1 aliphatic heterocycles. The van der Waals surface area contributed by atoms with Crippen molar-refractivity contribution in [3.63, 3.8) is 0 Å². The molecule has 0 amide bonds. The van der Waals surface area contributed by atoms with Crippen molar-refractivity contribution >= 4 is 11.6 Å². The molecule has 34 heavy (non-hydrogen) atoms. The molecule has 4 rings (SSSR count). The lowest BCUT2D eigenvalue weighted by Gasteiger charge is -2.38. The minimum absolute atomic E-state index is 0.0277. The van der Waals surface area contributed by atoms with Gasteiger partial charge in [-0.2, -0.15) is 0 Å². The van der Waals surface area contributed by atoms with Gasteiger partial charge in [-0.3, -0.25) is 4.90 Å². The summed E-state index contributed by atoms with van der Waals surface area (Å²) in [5.74, 6) is 3.34. The van der Waals surface area contributed by atoms with Crippen LogP contribution in [0.25, 0.3) is 0 Å². The fourth-order valence-electron chi connectivity index (χ4n) is 4.74. The lowest BCUT2D eigenvalue weighted by Crippen LogP contribution is -2.36. The first-order chi connectivity index (χ1) is 16.5. The molecule has 1 heterocycles. The molecule has 0 fully saturated rings. The van der Waals surface area contributed by atoms with Gasteiger partial charge in [0.2, 0.25) is 5.75 Å². The van der Waals surface area contributed by atoms with Crippen LogP contribution in [-0.2, 0) is 13.0 Å². The number of hydrogen-bond acceptors (Lipinski definition) is 6. The van der Waals surface area contributed by atoms with E-state index in [2.05, 4.69) is 23.1 Å². The van der Waals surface area contributed by atoms with E-state index in [-0.39, 0.29) is 6.04 Å². The second kappa shape index (κ2) is 10.5. The van der Waals surface area contributed by atoms with Crippen LogP contribution in [0.2, 0.25) is 5.02 Å². The third-order valence-corrected chi connectivity index (χ3v) is 6.53. The van der Waals surface area contributed by atoms with E-state index in [0.717, 1.165) is 29.8 Å². The Morgan fingerprint density at radius 1 is 0.794 bits per heavy atom. The molecule has 0 radical (unpaired) electrons. The fourth-order valence-corrected chi connectivity index (χ4v) is 4.94. The van der Waals surface area contributed by atoms with Gasteiger partial charge in [0, 0.05) is 23.7 Å². The Balaban J connectivity index is 1.82. The van der Waals surface area contributed by atoms with Gasteiger partial charge in [0.1, 0.15) is 0 Å². The predicted molar refractivity (Wildman–Crippen MR) is 133 cm³/mol. The van der Waals surface area contributed by atoms with Crippen molar-refractivity contribution in [2.45, 2.75) is 19.0 Å². The van der Waals surface area contributed by atoms with Gasteiger partial charge in [-0.1, -0.05) is 29.8 Å². The first kappa shape index (κ1) is 24.0. The molecular weight excluding hydrogens is 454 g/mol. The molecule has 0 saturated heterocycles. The van der Waals surface area contributed by atoms with Crippen LogP contribution in [0.4, 0.5) is 0 Å². The maximum atomic E-state index is 6.41. The van der Waals surface area contributed by atoms with Crippen LogP contribution < -0.4 is 23.7 Å². The van der Waals surface area contributed by atoms with Crippen molar-refractivity contribution < 1.29 is 23.7 Å². The Hall–Kier alpha value is -3.09. The molecule has 0 aromatic heterocycles. The largest absolute Gasteiger partial charge is 0.493 e. The van der Waals surface area contributed by atoms with E-state index in [9.17, 15) is 0 Å². The van der Waals surface area contributed by atoms with Crippen LogP contribution in [0.1, 0.15) is 28.3 Å². The van der Waals surface area contributed by atoms with Crippen LogP contribution in [0.5, 0.6) is 28.7 Å². The Bertz CT molecular complexity index is 1170. The van der Waals surface area contributed by atoms with E-state index < -0.39 is 0 Å². The minimum atomic E-state index is -0.0277. The Morgan fingerprint density at radius 2 is 1.50 bits per heavy atom. The van der Waals surface area contributed by atoms with Crippen molar-refractivity contribution in [3.05, 3.63) is 75.8 Å². The third kappa shape index (κ3) is 4.48. The summed E-state index contributed by atoms with van der Waals surface area (Å²) >= 11 is 6.41. The lowest BCUT2D eigenvalue weighted by molar-refractivity contribution is 0.200. The maximum absolute atomic E-state index is 6.41. The second-order valence-electron chi connectivity index (χ2n) is 8.08. The zero-order chi connectivity index (χ0) is 24.2. The molecule has 3 aromatic carbocycles. The number of nitrogens with zero attached hydrogens (tertiary/aromatic N) is 1. The normalized spacial score (nSPS) is 15.4. The Labute approximate surface area is 205 Å². The van der Waals surface area contributed by atoms with Crippen LogP contribution in [-0.4, -0.2) is 47.0 Å². The summed E-state index contributed by atoms with van der Waals surface area (Å²) in [6.07, 6.45) is 0.877. The molecular formula is C27H30ClNO5. The van der Waals surface area contributed by atoms with E-state index in [4.69, 9.17) is 35.3 Å². The lowest BCUT2D eigenvalue weighted by atomic mass is 9.87. The highest BCUT2D eigenvalue weighted by Crippen LogP contribution is 2.44. The topological polar surface area (TPSA) is 49.4 Å². The summed E-state index contributed by atoms with van der Waals surface area (Å²) in [5, 5.41) is 0.703. The molecule has 0 bridgehead atoms. The van der Waals surface area contributed by atoms with E-state index in [1.807, 2.05) is 30.3 Å². The highest BCUT2D eigenvalue weighted by molar-refractivity contribution is 6.30. The molecule has 7 heteroatoms. The van der Waals surface area contributed by atoms with Crippen LogP contribution in [0.15, 0.2) is 48.5 Å². The molecule has 6 nitrogen and oxygen atoms in total. The Morgan fingerprint density at radius 3 is 2.15 bits per heavy atom. The van der Waals surface area contributed by atoms with E-state index in [1.54, 1.807) is 35.5 Å². The molecule has 0 saturated carbocycles. The summed E-state index contributed by atoms with van der Waals surface area (Å²) in [7, 11) is 8.22. The summed E-state index contributed by atoms with van der Waals surface area (Å²) in [6.45, 7) is 1.49. The summed E-state index contributed by atoms with van der Waals surface area (Å²) < 4.78 is 28.0. The average Bonchev–Trinajstić information content (AvgIpc) is 2.87. The maximum Gasteiger partial charge on any atom is 0.203 e. The molecule has 180 valence electrons. The smallest absolute Gasteiger partial charge is 0.203 e. The van der Waals surface area contributed by atoms with Gasteiger partial charge in [0.15, 0.2) is 23.0 Å². The zero-order valence-electron chi connectivity index (χ0n) is 20.2. The SMILES string of the molecule is COc1cc2c(cc1OC)[C@@H](c1cccc(Cl)c1)N(Cc1ccc(OC)c(OC)c1OC)CC2. The monoisotopic (exact) mass is 483 g/mol. The van der Waals surface area contributed by atoms with Gasteiger partial charge >= 0.3 is 0 Å². The molecule has 3 aromatic rings. The molecule has 1 aliphatic rings. The van der Waals surface area contributed by atoms with Gasteiger partial charge < -0.3 is 23.7 Å². The zero-order valence-corrected chi connectivity index (χ0v) is 20.9. The van der Waals surface area contributed by atoms with Gasteiger partial charge in [-0.05, 0) is 53.4 Å². The van der Waals surface area contributed by atoms with E-state index >= 15 is 0 Å². The Kier molecular flexibility index (Phi) is 7.39. The van der Waals surface area contributed by atoms with Gasteiger partial charge in [0.05, 0.1) is 41.6 Å². The van der Waals surface area contributed by atoms with Crippen LogP contribution in [0, 0.1) is 0 Å². The highest BCUT2D eigenvalue weighted by atomic mass is 35.5. The molecule has 0 aliphatic carbocycles. The van der Waals surface area contributed by atoms with Gasteiger partial charge in [-0.15, -0.1) is 0 Å². The number of benzene rings is 3. The van der Waals surface area contributed by atoms with E-state index in [0.29, 0.717) is 34.6 Å². The summed E-state index contributed by atoms with van der Waals surface area (Å²) in [4.78, 5) is 2.42. The van der Waals surface area contributed by atoms with Crippen molar-refractivity contribution in [1.29, 1.82) is 0 Å². The molecule has 0 unspecified atom stereocenters. The summed E-state index contributed by atoms with van der Waals surface area (Å²) in [5.41, 5.74) is 4.53. The van der Waals surface area contributed by atoms with Gasteiger partial charge in [-0.25, -0.2) is 0 Å². The molecule has 1 atom stereocenters. The highest BCUT2D eigenvalue weighted by Gasteiger charge is 2.31. The van der Waals surface area contributed by atoms with Crippen molar-refractivity contribution in [1.82, 2.24) is 4.90 Å². The minimum Gasteiger partial charge on any atom is -0.493 e.